The molecule has 2 N–H and O–H groups in total. The van der Waals surface area contributed by atoms with E-state index in [-0.39, 0.29) is 22.6 Å². The molecule has 1 atom stereocenters. The highest BCUT2D eigenvalue weighted by Gasteiger charge is 2.37. The van der Waals surface area contributed by atoms with Crippen LogP contribution in [-0.2, 0) is 21.0 Å². The van der Waals surface area contributed by atoms with Gasteiger partial charge in [0.2, 0.25) is 5.91 Å². The van der Waals surface area contributed by atoms with Gasteiger partial charge in [-0.3, -0.25) is 9.10 Å². The van der Waals surface area contributed by atoms with Gasteiger partial charge in [0.15, 0.2) is 6.23 Å². The number of amides is 1. The quantitative estimate of drug-likeness (QED) is 0.493. The van der Waals surface area contributed by atoms with Gasteiger partial charge < -0.3 is 15.2 Å². The summed E-state index contributed by atoms with van der Waals surface area (Å²) in [6, 6.07) is 9.51. The average Bonchev–Trinajstić information content (AvgIpc) is 2.84. The number of aliphatic hydroxyl groups excluding tert-OH is 1. The third-order valence-electron chi connectivity index (χ3n) is 5.28. The van der Waals surface area contributed by atoms with Crippen molar-refractivity contribution in [1.29, 1.82) is 0 Å². The number of alkyl halides is 3. The van der Waals surface area contributed by atoms with Crippen molar-refractivity contribution in [3.05, 3.63) is 77.9 Å². The number of ether oxygens (including phenoxy) is 1. The van der Waals surface area contributed by atoms with Gasteiger partial charge in [0, 0.05) is 5.56 Å². The largest absolute Gasteiger partial charge is 0.466 e. The molecule has 7 nitrogen and oxygen atoms in total. The Morgan fingerprint density at radius 3 is 2.53 bits per heavy atom. The second-order valence-electron chi connectivity index (χ2n) is 7.70. The molecule has 4 rings (SSSR count). The van der Waals surface area contributed by atoms with Crippen molar-refractivity contribution >= 4 is 21.6 Å². The van der Waals surface area contributed by atoms with Gasteiger partial charge in [-0.15, -0.1) is 0 Å². The first-order valence-electron chi connectivity index (χ1n) is 10.3. The molecule has 0 radical (unpaired) electrons. The minimum atomic E-state index is -4.81. The zero-order chi connectivity index (χ0) is 26.3. The van der Waals surface area contributed by atoms with E-state index < -0.39 is 63.6 Å². The molecule has 1 heterocycles. The van der Waals surface area contributed by atoms with Crippen LogP contribution in [0.5, 0.6) is 5.75 Å². The molecule has 3 aromatic rings. The molecule has 1 aliphatic rings. The summed E-state index contributed by atoms with van der Waals surface area (Å²) in [4.78, 5) is 11.0. The number of carbonyl (C=O) groups excluding carboxylic acids is 1. The Hall–Kier alpha value is -3.71. The van der Waals surface area contributed by atoms with Crippen molar-refractivity contribution < 1.29 is 45.0 Å². The minimum Gasteiger partial charge on any atom is -0.466 e. The van der Waals surface area contributed by atoms with Gasteiger partial charge in [0.05, 0.1) is 22.7 Å². The summed E-state index contributed by atoms with van der Waals surface area (Å²) in [5.41, 5.74) is -1.50. The van der Waals surface area contributed by atoms with Gasteiger partial charge in [-0.25, -0.2) is 17.2 Å². The molecule has 36 heavy (non-hydrogen) atoms. The molecule has 0 saturated heterocycles. The van der Waals surface area contributed by atoms with Gasteiger partial charge >= 0.3 is 6.18 Å². The first kappa shape index (κ1) is 25.4. The van der Waals surface area contributed by atoms with E-state index in [0.29, 0.717) is 16.4 Å². The molecule has 1 unspecified atom stereocenters. The number of aliphatic hydroxyl groups is 1. The number of benzene rings is 3. The Labute approximate surface area is 201 Å². The van der Waals surface area contributed by atoms with Crippen LogP contribution in [0.15, 0.2) is 65.6 Å². The zero-order valence-corrected chi connectivity index (χ0v) is 18.9. The first-order valence-corrected chi connectivity index (χ1v) is 11.7. The molecular weight excluding hydrogens is 511 g/mol. The second-order valence-corrected chi connectivity index (χ2v) is 9.56. The standard InChI is InChI=1S/C23H17F5N2O5S/c24-15-5-6-18(25)17(10-15)13-4-7-20-19(8-13)30(11-22(35-20)29-21(32)12-31)36(33,34)16-3-1-2-14(9-16)23(26,27)28/h1-10,22,31H,11-12H2,(H,29,32). The number of anilines is 1. The van der Waals surface area contributed by atoms with Crippen molar-refractivity contribution in [1.82, 2.24) is 5.32 Å². The Balaban J connectivity index is 1.85. The third-order valence-corrected chi connectivity index (χ3v) is 7.06. The molecule has 0 aliphatic carbocycles. The normalized spacial score (nSPS) is 15.7. The van der Waals surface area contributed by atoms with E-state index in [1.54, 1.807) is 0 Å². The minimum absolute atomic E-state index is 0.0661. The average molecular weight is 528 g/mol. The molecule has 190 valence electrons. The molecule has 1 amide bonds. The van der Waals surface area contributed by atoms with E-state index >= 15 is 0 Å². The number of hydrogen-bond donors (Lipinski definition) is 2. The van der Waals surface area contributed by atoms with Gasteiger partial charge in [-0.2, -0.15) is 13.2 Å². The fourth-order valence-electron chi connectivity index (χ4n) is 3.63. The van der Waals surface area contributed by atoms with Gasteiger partial charge in [-0.05, 0) is 54.1 Å². The smallest absolute Gasteiger partial charge is 0.416 e. The molecular formula is C23H17F5N2O5S. The predicted molar refractivity (Wildman–Crippen MR) is 117 cm³/mol. The van der Waals surface area contributed by atoms with Crippen LogP contribution in [0.3, 0.4) is 0 Å². The Kier molecular flexibility index (Phi) is 6.62. The summed E-state index contributed by atoms with van der Waals surface area (Å²) < 4.78 is 101. The lowest BCUT2D eigenvalue weighted by Crippen LogP contribution is -2.52. The van der Waals surface area contributed by atoms with Crippen LogP contribution in [0.25, 0.3) is 11.1 Å². The number of carbonyl (C=O) groups is 1. The zero-order valence-electron chi connectivity index (χ0n) is 18.1. The summed E-state index contributed by atoms with van der Waals surface area (Å²) in [6.45, 7) is -1.52. The summed E-state index contributed by atoms with van der Waals surface area (Å²) in [5, 5.41) is 11.3. The highest BCUT2D eigenvalue weighted by molar-refractivity contribution is 7.92. The van der Waals surface area contributed by atoms with Crippen LogP contribution in [-0.4, -0.2) is 38.8 Å². The van der Waals surface area contributed by atoms with E-state index in [1.165, 1.54) is 18.2 Å². The number of fused-ring (bicyclic) bond motifs is 1. The van der Waals surface area contributed by atoms with Gasteiger partial charge in [0.1, 0.15) is 24.0 Å². The highest BCUT2D eigenvalue weighted by Crippen LogP contribution is 2.41. The Morgan fingerprint density at radius 1 is 1.08 bits per heavy atom. The molecule has 0 fully saturated rings. The maximum Gasteiger partial charge on any atom is 0.416 e. The van der Waals surface area contributed by atoms with E-state index in [4.69, 9.17) is 9.84 Å². The van der Waals surface area contributed by atoms with Gasteiger partial charge in [-0.1, -0.05) is 12.1 Å². The summed E-state index contributed by atoms with van der Waals surface area (Å²) in [5.74, 6) is -2.55. The lowest BCUT2D eigenvalue weighted by molar-refractivity contribution is -0.137. The van der Waals surface area contributed by atoms with Gasteiger partial charge in [0.25, 0.3) is 10.0 Å². The molecule has 3 aromatic carbocycles. The Morgan fingerprint density at radius 2 is 1.83 bits per heavy atom. The number of hydrogen-bond acceptors (Lipinski definition) is 5. The van der Waals surface area contributed by atoms with E-state index in [2.05, 4.69) is 5.32 Å². The van der Waals surface area contributed by atoms with Crippen LogP contribution in [0, 0.1) is 11.6 Å². The third kappa shape index (κ3) is 4.97. The summed E-state index contributed by atoms with van der Waals surface area (Å²) in [6.07, 6.45) is -6.12. The monoisotopic (exact) mass is 528 g/mol. The van der Waals surface area contributed by atoms with E-state index in [0.717, 1.165) is 30.3 Å². The van der Waals surface area contributed by atoms with Crippen molar-refractivity contribution in [3.8, 4) is 16.9 Å². The molecule has 0 saturated carbocycles. The second kappa shape index (κ2) is 9.39. The maximum atomic E-state index is 14.4. The fourth-order valence-corrected chi connectivity index (χ4v) is 5.14. The molecule has 0 bridgehead atoms. The number of rotatable bonds is 5. The number of nitrogens with one attached hydrogen (secondary N) is 1. The summed E-state index contributed by atoms with van der Waals surface area (Å²) >= 11 is 0. The topological polar surface area (TPSA) is 95.9 Å². The molecule has 1 aliphatic heterocycles. The van der Waals surface area contributed by atoms with Crippen LogP contribution in [0.4, 0.5) is 27.6 Å². The lowest BCUT2D eigenvalue weighted by Gasteiger charge is -2.36. The van der Waals surface area contributed by atoms with Crippen molar-refractivity contribution in [2.75, 3.05) is 17.5 Å². The number of halogens is 5. The number of nitrogens with zero attached hydrogens (tertiary/aromatic N) is 1. The number of sulfonamides is 1. The van der Waals surface area contributed by atoms with E-state index in [1.807, 2.05) is 0 Å². The molecule has 13 heteroatoms. The van der Waals surface area contributed by atoms with Crippen LogP contribution >= 0.6 is 0 Å². The SMILES string of the molecule is O=C(CO)NC1CN(S(=O)(=O)c2cccc(C(F)(F)F)c2)c2cc(-c3cc(F)ccc3F)ccc2O1. The molecule has 0 aromatic heterocycles. The van der Waals surface area contributed by atoms with Crippen LogP contribution < -0.4 is 14.4 Å². The highest BCUT2D eigenvalue weighted by atomic mass is 32.2. The first-order chi connectivity index (χ1) is 16.9. The Bertz CT molecular complexity index is 1430. The fraction of sp³-hybridized carbons (Fsp3) is 0.174. The van der Waals surface area contributed by atoms with Crippen molar-refractivity contribution in [2.45, 2.75) is 17.3 Å². The van der Waals surface area contributed by atoms with E-state index in [9.17, 15) is 35.2 Å². The summed E-state index contributed by atoms with van der Waals surface area (Å²) in [7, 11) is -4.68. The lowest BCUT2D eigenvalue weighted by atomic mass is 10.0. The molecule has 0 spiro atoms. The van der Waals surface area contributed by atoms with Crippen LogP contribution in [0.2, 0.25) is 0 Å². The van der Waals surface area contributed by atoms with Crippen molar-refractivity contribution in [2.24, 2.45) is 0 Å². The predicted octanol–water partition coefficient (Wildman–Crippen LogP) is 3.67. The van der Waals surface area contributed by atoms with Crippen molar-refractivity contribution in [3.63, 3.8) is 0 Å². The maximum absolute atomic E-state index is 14.4. The van der Waals surface area contributed by atoms with Crippen LogP contribution in [0.1, 0.15) is 5.56 Å².